The summed E-state index contributed by atoms with van der Waals surface area (Å²) in [6, 6.07) is 3.98. The van der Waals surface area contributed by atoms with E-state index in [4.69, 9.17) is 28.9 Å². The summed E-state index contributed by atoms with van der Waals surface area (Å²) in [5, 5.41) is 5.13. The lowest BCUT2D eigenvalue weighted by Gasteiger charge is -2.13. The van der Waals surface area contributed by atoms with E-state index < -0.39 is 11.9 Å². The van der Waals surface area contributed by atoms with Crippen molar-refractivity contribution >= 4 is 23.2 Å². The SMILES string of the molecule is Cc1nn(C)c(CC(N)c2ccc(Cl)cc2F)c1Cl. The van der Waals surface area contributed by atoms with Crippen LogP contribution in [0.25, 0.3) is 0 Å². The van der Waals surface area contributed by atoms with Crippen LogP contribution in [0.15, 0.2) is 18.2 Å². The number of hydrogen-bond donors (Lipinski definition) is 1. The van der Waals surface area contributed by atoms with Crippen molar-refractivity contribution in [2.75, 3.05) is 0 Å². The van der Waals surface area contributed by atoms with E-state index in [0.29, 0.717) is 22.0 Å². The maximum atomic E-state index is 13.8. The van der Waals surface area contributed by atoms with E-state index >= 15 is 0 Å². The predicted octanol–water partition coefficient (Wildman–Crippen LogP) is 3.42. The molecule has 0 saturated carbocycles. The van der Waals surface area contributed by atoms with Gasteiger partial charge in [-0.3, -0.25) is 4.68 Å². The average Bonchev–Trinajstić information content (AvgIpc) is 2.56. The molecule has 3 nitrogen and oxygen atoms in total. The topological polar surface area (TPSA) is 43.8 Å². The highest BCUT2D eigenvalue weighted by Gasteiger charge is 2.18. The van der Waals surface area contributed by atoms with Gasteiger partial charge in [-0.2, -0.15) is 5.10 Å². The molecule has 0 bridgehead atoms. The van der Waals surface area contributed by atoms with Gasteiger partial charge in [0.25, 0.3) is 0 Å². The molecule has 1 atom stereocenters. The second-order valence-electron chi connectivity index (χ2n) is 4.45. The van der Waals surface area contributed by atoms with Crippen molar-refractivity contribution in [2.24, 2.45) is 12.8 Å². The van der Waals surface area contributed by atoms with Gasteiger partial charge in [-0.05, 0) is 19.1 Å². The van der Waals surface area contributed by atoms with Crippen molar-refractivity contribution in [2.45, 2.75) is 19.4 Å². The molecule has 1 aromatic carbocycles. The molecule has 6 heteroatoms. The molecule has 19 heavy (non-hydrogen) atoms. The number of halogens is 3. The summed E-state index contributed by atoms with van der Waals surface area (Å²) in [5.41, 5.74) is 7.99. The highest BCUT2D eigenvalue weighted by atomic mass is 35.5. The third-order valence-electron chi connectivity index (χ3n) is 3.04. The first-order valence-corrected chi connectivity index (χ1v) is 6.54. The summed E-state index contributed by atoms with van der Waals surface area (Å²) in [6.07, 6.45) is 0.411. The molecule has 2 aromatic rings. The molecule has 0 fully saturated rings. The van der Waals surface area contributed by atoms with E-state index in [1.807, 2.05) is 6.92 Å². The molecule has 1 unspecified atom stereocenters. The monoisotopic (exact) mass is 301 g/mol. The molecular formula is C13H14Cl2FN3. The molecule has 1 heterocycles. The summed E-state index contributed by atoms with van der Waals surface area (Å²) in [6.45, 7) is 1.82. The summed E-state index contributed by atoms with van der Waals surface area (Å²) < 4.78 is 15.5. The number of aromatic nitrogens is 2. The maximum absolute atomic E-state index is 13.8. The van der Waals surface area contributed by atoms with E-state index in [-0.39, 0.29) is 0 Å². The van der Waals surface area contributed by atoms with Gasteiger partial charge < -0.3 is 5.73 Å². The maximum Gasteiger partial charge on any atom is 0.129 e. The first-order valence-electron chi connectivity index (χ1n) is 5.78. The minimum atomic E-state index is -0.496. The molecule has 2 rings (SSSR count). The van der Waals surface area contributed by atoms with Gasteiger partial charge in [-0.25, -0.2) is 4.39 Å². The summed E-state index contributed by atoms with van der Waals surface area (Å²) in [5.74, 6) is -0.407. The number of rotatable bonds is 3. The van der Waals surface area contributed by atoms with Crippen molar-refractivity contribution in [3.05, 3.63) is 51.0 Å². The number of nitrogens with two attached hydrogens (primary N) is 1. The van der Waals surface area contributed by atoms with Crippen LogP contribution in [-0.2, 0) is 13.5 Å². The zero-order valence-electron chi connectivity index (χ0n) is 10.6. The van der Waals surface area contributed by atoms with Crippen LogP contribution in [-0.4, -0.2) is 9.78 Å². The molecule has 0 amide bonds. The van der Waals surface area contributed by atoms with Crippen molar-refractivity contribution in [3.8, 4) is 0 Å². The molecule has 102 valence electrons. The Morgan fingerprint density at radius 3 is 2.63 bits per heavy atom. The Labute approximate surface area is 121 Å². The Kier molecular flexibility index (Phi) is 4.13. The van der Waals surface area contributed by atoms with Crippen molar-refractivity contribution < 1.29 is 4.39 Å². The lowest BCUT2D eigenvalue weighted by atomic mass is 10.0. The standard InChI is InChI=1S/C13H14Cl2FN3/c1-7-13(15)12(19(2)18-7)6-11(17)9-4-3-8(14)5-10(9)16/h3-5,11H,6,17H2,1-2H3. The highest BCUT2D eigenvalue weighted by molar-refractivity contribution is 6.31. The fourth-order valence-electron chi connectivity index (χ4n) is 2.02. The Balaban J connectivity index is 2.28. The minimum Gasteiger partial charge on any atom is -0.324 e. The first-order chi connectivity index (χ1) is 8.90. The number of aryl methyl sites for hydroxylation is 2. The van der Waals surface area contributed by atoms with Gasteiger partial charge >= 0.3 is 0 Å². The van der Waals surface area contributed by atoms with Crippen molar-refractivity contribution in [1.82, 2.24) is 9.78 Å². The molecule has 0 radical (unpaired) electrons. The Hall–Kier alpha value is -1.10. The van der Waals surface area contributed by atoms with Gasteiger partial charge in [-0.15, -0.1) is 0 Å². The first kappa shape index (κ1) is 14.3. The molecule has 0 aliphatic carbocycles. The van der Waals surface area contributed by atoms with Gasteiger partial charge in [0.05, 0.1) is 16.4 Å². The predicted molar refractivity (Wildman–Crippen MR) is 75.0 cm³/mol. The van der Waals surface area contributed by atoms with Gasteiger partial charge in [0.2, 0.25) is 0 Å². The van der Waals surface area contributed by atoms with Crippen molar-refractivity contribution in [3.63, 3.8) is 0 Å². The van der Waals surface area contributed by atoms with Crippen molar-refractivity contribution in [1.29, 1.82) is 0 Å². The highest BCUT2D eigenvalue weighted by Crippen LogP contribution is 2.26. The van der Waals surface area contributed by atoms with E-state index in [1.165, 1.54) is 6.07 Å². The third-order valence-corrected chi connectivity index (χ3v) is 3.76. The lowest BCUT2D eigenvalue weighted by Crippen LogP contribution is -2.17. The van der Waals surface area contributed by atoms with E-state index in [9.17, 15) is 4.39 Å². The van der Waals surface area contributed by atoms with Crippen LogP contribution in [0.3, 0.4) is 0 Å². The second kappa shape index (κ2) is 5.49. The smallest absolute Gasteiger partial charge is 0.129 e. The van der Waals surface area contributed by atoms with Crippen LogP contribution in [0.1, 0.15) is 23.0 Å². The molecule has 0 saturated heterocycles. The molecule has 1 aromatic heterocycles. The van der Waals surface area contributed by atoms with Gasteiger partial charge in [0, 0.05) is 30.1 Å². The largest absolute Gasteiger partial charge is 0.324 e. The summed E-state index contributed by atoms with van der Waals surface area (Å²) >= 11 is 11.9. The summed E-state index contributed by atoms with van der Waals surface area (Å²) in [4.78, 5) is 0. The van der Waals surface area contributed by atoms with Crippen LogP contribution in [0.5, 0.6) is 0 Å². The third kappa shape index (κ3) is 2.91. The number of benzene rings is 1. The van der Waals surface area contributed by atoms with Gasteiger partial charge in [0.15, 0.2) is 0 Å². The van der Waals surface area contributed by atoms with Crippen LogP contribution < -0.4 is 5.73 Å². The van der Waals surface area contributed by atoms with Crippen LogP contribution in [0, 0.1) is 12.7 Å². The molecule has 0 aliphatic heterocycles. The lowest BCUT2D eigenvalue weighted by molar-refractivity contribution is 0.569. The average molecular weight is 302 g/mol. The van der Waals surface area contributed by atoms with E-state index in [0.717, 1.165) is 11.4 Å². The fourth-order valence-corrected chi connectivity index (χ4v) is 2.42. The van der Waals surface area contributed by atoms with Gasteiger partial charge in [-0.1, -0.05) is 29.3 Å². The normalized spacial score (nSPS) is 12.7. The fraction of sp³-hybridized carbons (Fsp3) is 0.308. The molecule has 0 aliphatic rings. The quantitative estimate of drug-likeness (QED) is 0.944. The van der Waals surface area contributed by atoms with Gasteiger partial charge in [0.1, 0.15) is 5.82 Å². The number of nitrogens with zero attached hydrogens (tertiary/aromatic N) is 2. The number of hydrogen-bond acceptors (Lipinski definition) is 2. The Morgan fingerprint density at radius 1 is 1.42 bits per heavy atom. The van der Waals surface area contributed by atoms with E-state index in [1.54, 1.807) is 23.9 Å². The Bertz CT molecular complexity index is 610. The molecule has 0 spiro atoms. The minimum absolute atomic E-state index is 0.350. The van der Waals surface area contributed by atoms with Crippen LogP contribution in [0.4, 0.5) is 4.39 Å². The zero-order chi connectivity index (χ0) is 14.2. The van der Waals surface area contributed by atoms with Crippen LogP contribution >= 0.6 is 23.2 Å². The van der Waals surface area contributed by atoms with E-state index in [2.05, 4.69) is 5.10 Å². The summed E-state index contributed by atoms with van der Waals surface area (Å²) in [7, 11) is 1.79. The zero-order valence-corrected chi connectivity index (χ0v) is 12.1. The second-order valence-corrected chi connectivity index (χ2v) is 5.26. The molecule has 2 N–H and O–H groups in total. The molecular weight excluding hydrogens is 288 g/mol. The Morgan fingerprint density at radius 2 is 2.11 bits per heavy atom. The van der Waals surface area contributed by atoms with Crippen LogP contribution in [0.2, 0.25) is 10.0 Å².